The highest BCUT2D eigenvalue weighted by Crippen LogP contribution is 2.25. The normalized spacial score (nSPS) is 17.6. The van der Waals surface area contributed by atoms with E-state index in [1.165, 1.54) is 38.3 Å². The standard InChI is InChI=1S/C24H33N5O4S/c1-33-20-8-10-21(11-9-20)34(31,32)28-19-16-22(23(26-17-19)29-14-12-25-13-15-29)24(30)27-18-6-4-2-3-5-7-18/h8-11,16-18,25,28H,2-7,12-15H2,1H3,(H,27,30). The molecule has 1 amide bonds. The van der Waals surface area contributed by atoms with Crippen LogP contribution in [0, 0.1) is 0 Å². The molecule has 0 radical (unpaired) electrons. The first kappa shape index (κ1) is 24.3. The molecule has 2 heterocycles. The molecule has 2 aromatic rings. The van der Waals surface area contributed by atoms with Gasteiger partial charge in [0.1, 0.15) is 11.6 Å². The van der Waals surface area contributed by atoms with Gasteiger partial charge in [-0.1, -0.05) is 25.7 Å². The SMILES string of the molecule is COc1ccc(S(=O)(=O)Nc2cnc(N3CCNCC3)c(C(=O)NC3CCCCCC3)c2)cc1. The van der Waals surface area contributed by atoms with Gasteiger partial charge in [-0.05, 0) is 43.2 Å². The summed E-state index contributed by atoms with van der Waals surface area (Å²) >= 11 is 0. The number of nitrogens with zero attached hydrogens (tertiary/aromatic N) is 2. The molecule has 2 fully saturated rings. The second-order valence-corrected chi connectivity index (χ2v) is 10.5. The van der Waals surface area contributed by atoms with Gasteiger partial charge in [0, 0.05) is 32.2 Å². The van der Waals surface area contributed by atoms with Crippen molar-refractivity contribution < 1.29 is 17.9 Å². The summed E-state index contributed by atoms with van der Waals surface area (Å²) in [6.07, 6.45) is 8.01. The molecular weight excluding hydrogens is 454 g/mol. The number of nitrogens with one attached hydrogen (secondary N) is 3. The van der Waals surface area contributed by atoms with E-state index in [-0.39, 0.29) is 22.5 Å². The first-order valence-electron chi connectivity index (χ1n) is 11.9. The van der Waals surface area contributed by atoms with Crippen molar-refractivity contribution in [2.75, 3.05) is 42.9 Å². The summed E-state index contributed by atoms with van der Waals surface area (Å²) in [5.74, 6) is 0.942. The van der Waals surface area contributed by atoms with E-state index < -0.39 is 10.0 Å². The van der Waals surface area contributed by atoms with E-state index >= 15 is 0 Å². The zero-order valence-corrected chi connectivity index (χ0v) is 20.4. The first-order valence-corrected chi connectivity index (χ1v) is 13.4. The van der Waals surface area contributed by atoms with Crippen molar-refractivity contribution >= 4 is 27.4 Å². The molecule has 0 atom stereocenters. The Hall–Kier alpha value is -2.85. The summed E-state index contributed by atoms with van der Waals surface area (Å²) in [7, 11) is -2.33. The van der Waals surface area contributed by atoms with Gasteiger partial charge in [-0.15, -0.1) is 0 Å². The third kappa shape index (κ3) is 5.98. The van der Waals surface area contributed by atoms with Crippen molar-refractivity contribution in [1.82, 2.24) is 15.6 Å². The number of carbonyl (C=O) groups excluding carboxylic acids is 1. The maximum atomic E-state index is 13.4. The summed E-state index contributed by atoms with van der Waals surface area (Å²) in [6, 6.07) is 7.85. The monoisotopic (exact) mass is 487 g/mol. The fourth-order valence-corrected chi connectivity index (χ4v) is 5.50. The van der Waals surface area contributed by atoms with Gasteiger partial charge in [-0.25, -0.2) is 13.4 Å². The first-order chi connectivity index (χ1) is 16.5. The van der Waals surface area contributed by atoms with Crippen LogP contribution in [-0.4, -0.2) is 58.6 Å². The van der Waals surface area contributed by atoms with Crippen LogP contribution in [0.25, 0.3) is 0 Å². The van der Waals surface area contributed by atoms with Gasteiger partial charge in [0.15, 0.2) is 0 Å². The summed E-state index contributed by atoms with van der Waals surface area (Å²) in [6.45, 7) is 3.07. The lowest BCUT2D eigenvalue weighted by molar-refractivity contribution is 0.0933. The Balaban J connectivity index is 1.60. The lowest BCUT2D eigenvalue weighted by Crippen LogP contribution is -2.45. The van der Waals surface area contributed by atoms with Gasteiger partial charge >= 0.3 is 0 Å². The van der Waals surface area contributed by atoms with Crippen molar-refractivity contribution in [3.63, 3.8) is 0 Å². The number of benzene rings is 1. The number of hydrogen-bond acceptors (Lipinski definition) is 7. The highest BCUT2D eigenvalue weighted by molar-refractivity contribution is 7.92. The molecule has 0 bridgehead atoms. The Morgan fingerprint density at radius 2 is 1.76 bits per heavy atom. The van der Waals surface area contributed by atoms with Crippen molar-refractivity contribution in [3.05, 3.63) is 42.1 Å². The molecule has 3 N–H and O–H groups in total. The number of methoxy groups -OCH3 is 1. The molecule has 4 rings (SSSR count). The molecule has 1 aromatic heterocycles. The number of pyridine rings is 1. The Kier molecular flexibility index (Phi) is 7.89. The van der Waals surface area contributed by atoms with E-state index in [1.807, 2.05) is 0 Å². The molecule has 184 valence electrons. The van der Waals surface area contributed by atoms with Gasteiger partial charge in [0.2, 0.25) is 0 Å². The summed E-state index contributed by atoms with van der Waals surface area (Å²) < 4.78 is 33.5. The van der Waals surface area contributed by atoms with E-state index in [9.17, 15) is 13.2 Å². The van der Waals surface area contributed by atoms with Gasteiger partial charge in [0.05, 0.1) is 29.5 Å². The van der Waals surface area contributed by atoms with Crippen LogP contribution in [-0.2, 0) is 10.0 Å². The number of piperazine rings is 1. The Morgan fingerprint density at radius 3 is 2.41 bits per heavy atom. The van der Waals surface area contributed by atoms with Crippen molar-refractivity contribution in [2.24, 2.45) is 0 Å². The lowest BCUT2D eigenvalue weighted by atomic mass is 10.1. The summed E-state index contributed by atoms with van der Waals surface area (Å²) in [5, 5.41) is 6.48. The molecular formula is C24H33N5O4S. The minimum absolute atomic E-state index is 0.101. The number of aromatic nitrogens is 1. The highest BCUT2D eigenvalue weighted by Gasteiger charge is 2.24. The molecule has 0 spiro atoms. The molecule has 1 aliphatic carbocycles. The molecule has 0 unspecified atom stereocenters. The van der Waals surface area contributed by atoms with Crippen LogP contribution in [0.1, 0.15) is 48.9 Å². The third-order valence-corrected chi connectivity index (χ3v) is 7.74. The average molecular weight is 488 g/mol. The second kappa shape index (κ2) is 11.1. The van der Waals surface area contributed by atoms with Crippen LogP contribution in [0.15, 0.2) is 41.4 Å². The minimum atomic E-state index is -3.85. The average Bonchev–Trinajstić information content (AvgIpc) is 3.13. The predicted molar refractivity (Wildman–Crippen MR) is 132 cm³/mol. The number of sulfonamides is 1. The fourth-order valence-electron chi connectivity index (χ4n) is 4.46. The van der Waals surface area contributed by atoms with Gasteiger partial charge in [-0.3, -0.25) is 9.52 Å². The third-order valence-electron chi connectivity index (χ3n) is 6.34. The van der Waals surface area contributed by atoms with E-state index in [0.717, 1.165) is 51.9 Å². The molecule has 10 heteroatoms. The van der Waals surface area contributed by atoms with Crippen molar-refractivity contribution in [3.8, 4) is 5.75 Å². The highest BCUT2D eigenvalue weighted by atomic mass is 32.2. The van der Waals surface area contributed by atoms with E-state index in [4.69, 9.17) is 4.74 Å². The van der Waals surface area contributed by atoms with Crippen molar-refractivity contribution in [1.29, 1.82) is 0 Å². The van der Waals surface area contributed by atoms with Crippen LogP contribution < -0.4 is 25.0 Å². The van der Waals surface area contributed by atoms with Gasteiger partial charge < -0.3 is 20.3 Å². The molecule has 2 aliphatic rings. The Labute approximate surface area is 201 Å². The lowest BCUT2D eigenvalue weighted by Gasteiger charge is -2.30. The smallest absolute Gasteiger partial charge is 0.261 e. The maximum Gasteiger partial charge on any atom is 0.261 e. The quantitative estimate of drug-likeness (QED) is 0.515. The van der Waals surface area contributed by atoms with Crippen molar-refractivity contribution in [2.45, 2.75) is 49.5 Å². The van der Waals surface area contributed by atoms with Gasteiger partial charge in [0.25, 0.3) is 15.9 Å². The number of anilines is 2. The Bertz CT molecular complexity index is 1080. The number of carbonyl (C=O) groups is 1. The van der Waals surface area contributed by atoms with E-state index in [0.29, 0.717) is 17.1 Å². The van der Waals surface area contributed by atoms with E-state index in [1.54, 1.807) is 18.2 Å². The molecule has 1 saturated heterocycles. The van der Waals surface area contributed by atoms with Gasteiger partial charge in [-0.2, -0.15) is 0 Å². The van der Waals surface area contributed by atoms with E-state index in [2.05, 4.69) is 25.2 Å². The zero-order chi connectivity index (χ0) is 24.0. The number of rotatable bonds is 7. The summed E-state index contributed by atoms with van der Waals surface area (Å²) in [4.78, 5) is 20.1. The summed E-state index contributed by atoms with van der Waals surface area (Å²) in [5.41, 5.74) is 0.641. The topological polar surface area (TPSA) is 113 Å². The van der Waals surface area contributed by atoms with Crippen LogP contribution in [0.2, 0.25) is 0 Å². The molecule has 9 nitrogen and oxygen atoms in total. The van der Waals surface area contributed by atoms with Crippen LogP contribution >= 0.6 is 0 Å². The van der Waals surface area contributed by atoms with Crippen LogP contribution in [0.4, 0.5) is 11.5 Å². The number of hydrogen-bond donors (Lipinski definition) is 3. The number of amides is 1. The molecule has 34 heavy (non-hydrogen) atoms. The Morgan fingerprint density at radius 1 is 1.09 bits per heavy atom. The maximum absolute atomic E-state index is 13.4. The minimum Gasteiger partial charge on any atom is -0.497 e. The van der Waals surface area contributed by atoms with Crippen LogP contribution in [0.5, 0.6) is 5.75 Å². The number of ether oxygens (including phenoxy) is 1. The largest absolute Gasteiger partial charge is 0.497 e. The fraction of sp³-hybridized carbons (Fsp3) is 0.500. The zero-order valence-electron chi connectivity index (χ0n) is 19.5. The molecule has 1 saturated carbocycles. The van der Waals surface area contributed by atoms with Crippen LogP contribution in [0.3, 0.4) is 0 Å². The second-order valence-electron chi connectivity index (χ2n) is 8.78. The molecule has 1 aromatic carbocycles. The predicted octanol–water partition coefficient (Wildman–Crippen LogP) is 2.75. The molecule has 1 aliphatic heterocycles.